The summed E-state index contributed by atoms with van der Waals surface area (Å²) in [5, 5.41) is -0.267. The van der Waals surface area contributed by atoms with Crippen molar-refractivity contribution in [3.8, 4) is 0 Å². The van der Waals surface area contributed by atoms with Crippen molar-refractivity contribution in [2.45, 2.75) is 18.7 Å². The molecule has 1 aliphatic rings. The standard InChI is InChI=1S/C13H13F3N2O2S/c14-13(15,16)11(19)18-6-5-8-3-1-2-4-9(8)10(7-18)20-12(17)21/h1-4,10H,5-7H2,(H2,17,21). The van der Waals surface area contributed by atoms with Gasteiger partial charge in [0.05, 0.1) is 6.54 Å². The van der Waals surface area contributed by atoms with Crippen molar-refractivity contribution in [2.75, 3.05) is 13.1 Å². The predicted octanol–water partition coefficient (Wildman–Crippen LogP) is 1.93. The summed E-state index contributed by atoms with van der Waals surface area (Å²) in [7, 11) is 0. The first-order valence-corrected chi connectivity index (χ1v) is 6.60. The van der Waals surface area contributed by atoms with Crippen LogP contribution in [0, 0.1) is 0 Å². The smallest absolute Gasteiger partial charge is 0.461 e. The van der Waals surface area contributed by atoms with Gasteiger partial charge in [-0.15, -0.1) is 0 Å². The maximum Gasteiger partial charge on any atom is 0.471 e. The van der Waals surface area contributed by atoms with Crippen molar-refractivity contribution < 1.29 is 22.7 Å². The van der Waals surface area contributed by atoms with E-state index < -0.39 is 18.2 Å². The summed E-state index contributed by atoms with van der Waals surface area (Å²) in [4.78, 5) is 12.2. The van der Waals surface area contributed by atoms with Crippen LogP contribution in [0.15, 0.2) is 24.3 Å². The van der Waals surface area contributed by atoms with Gasteiger partial charge >= 0.3 is 12.1 Å². The van der Waals surface area contributed by atoms with Gasteiger partial charge < -0.3 is 15.4 Å². The van der Waals surface area contributed by atoms with Crippen LogP contribution in [0.25, 0.3) is 0 Å². The molecule has 0 aliphatic carbocycles. The molecule has 4 nitrogen and oxygen atoms in total. The molecule has 1 aliphatic heterocycles. The molecule has 0 bridgehead atoms. The van der Waals surface area contributed by atoms with Crippen LogP contribution in [0.2, 0.25) is 0 Å². The minimum Gasteiger partial charge on any atom is -0.461 e. The van der Waals surface area contributed by atoms with Crippen LogP contribution in [0.3, 0.4) is 0 Å². The fourth-order valence-electron chi connectivity index (χ4n) is 2.33. The van der Waals surface area contributed by atoms with E-state index in [0.717, 1.165) is 10.5 Å². The second-order valence-electron chi connectivity index (χ2n) is 4.62. The molecule has 0 radical (unpaired) electrons. The van der Waals surface area contributed by atoms with E-state index in [2.05, 4.69) is 12.2 Å². The number of rotatable bonds is 1. The topological polar surface area (TPSA) is 55.6 Å². The second-order valence-corrected chi connectivity index (χ2v) is 5.03. The lowest BCUT2D eigenvalue weighted by atomic mass is 10.0. The molecule has 2 rings (SSSR count). The molecular weight excluding hydrogens is 305 g/mol. The highest BCUT2D eigenvalue weighted by molar-refractivity contribution is 7.80. The largest absolute Gasteiger partial charge is 0.471 e. The average molecular weight is 318 g/mol. The minimum absolute atomic E-state index is 0.0352. The number of alkyl halides is 3. The van der Waals surface area contributed by atoms with E-state index in [1.807, 2.05) is 0 Å². The molecule has 1 heterocycles. The number of halogens is 3. The van der Waals surface area contributed by atoms with Crippen molar-refractivity contribution in [1.29, 1.82) is 0 Å². The van der Waals surface area contributed by atoms with E-state index in [-0.39, 0.29) is 18.3 Å². The van der Waals surface area contributed by atoms with E-state index in [1.165, 1.54) is 0 Å². The maximum absolute atomic E-state index is 12.6. The molecule has 1 aromatic rings. The number of benzene rings is 1. The number of hydrogen-bond donors (Lipinski definition) is 1. The van der Waals surface area contributed by atoms with Gasteiger partial charge in [-0.05, 0) is 29.8 Å². The van der Waals surface area contributed by atoms with Gasteiger partial charge in [0.1, 0.15) is 6.10 Å². The average Bonchev–Trinajstić information content (AvgIpc) is 2.57. The summed E-state index contributed by atoms with van der Waals surface area (Å²) in [6.07, 6.45) is -5.40. The van der Waals surface area contributed by atoms with Crippen molar-refractivity contribution in [1.82, 2.24) is 4.90 Å². The van der Waals surface area contributed by atoms with Crippen LogP contribution in [-0.4, -0.2) is 35.2 Å². The van der Waals surface area contributed by atoms with Crippen molar-refractivity contribution in [3.05, 3.63) is 35.4 Å². The van der Waals surface area contributed by atoms with Crippen LogP contribution < -0.4 is 5.73 Å². The molecule has 8 heteroatoms. The molecule has 0 saturated heterocycles. The highest BCUT2D eigenvalue weighted by atomic mass is 32.1. The Morgan fingerprint density at radius 1 is 1.38 bits per heavy atom. The third kappa shape index (κ3) is 3.63. The Morgan fingerprint density at radius 3 is 2.67 bits per heavy atom. The molecule has 0 aromatic heterocycles. The van der Waals surface area contributed by atoms with Crippen molar-refractivity contribution in [3.63, 3.8) is 0 Å². The number of fused-ring (bicyclic) bond motifs is 1. The lowest BCUT2D eigenvalue weighted by Gasteiger charge is -2.25. The highest BCUT2D eigenvalue weighted by Gasteiger charge is 2.43. The minimum atomic E-state index is -4.91. The lowest BCUT2D eigenvalue weighted by Crippen LogP contribution is -2.43. The number of nitrogens with two attached hydrogens (primary N) is 1. The quantitative estimate of drug-likeness (QED) is 0.804. The number of carbonyl (C=O) groups excluding carboxylic acids is 1. The number of carbonyl (C=O) groups is 1. The molecular formula is C13H13F3N2O2S. The summed E-state index contributed by atoms with van der Waals surface area (Å²) in [5.41, 5.74) is 6.84. The fraction of sp³-hybridized carbons (Fsp3) is 0.385. The van der Waals surface area contributed by atoms with Gasteiger partial charge in [0.15, 0.2) is 0 Å². The Hall–Kier alpha value is -1.83. The van der Waals surface area contributed by atoms with Crippen LogP contribution in [0.1, 0.15) is 17.2 Å². The summed E-state index contributed by atoms with van der Waals surface area (Å²) in [6.45, 7) is -0.279. The third-order valence-electron chi connectivity index (χ3n) is 3.23. The van der Waals surface area contributed by atoms with Gasteiger partial charge in [-0.25, -0.2) is 0 Å². The Bertz CT molecular complexity index is 563. The maximum atomic E-state index is 12.6. The summed E-state index contributed by atoms with van der Waals surface area (Å²) in [5.74, 6) is -1.88. The zero-order valence-electron chi connectivity index (χ0n) is 10.9. The number of hydrogen-bond acceptors (Lipinski definition) is 3. The van der Waals surface area contributed by atoms with Crippen molar-refractivity contribution in [2.24, 2.45) is 5.73 Å². The summed E-state index contributed by atoms with van der Waals surface area (Å²) < 4.78 is 43.0. The first-order valence-electron chi connectivity index (χ1n) is 6.19. The van der Waals surface area contributed by atoms with E-state index in [0.29, 0.717) is 12.0 Å². The molecule has 21 heavy (non-hydrogen) atoms. The first kappa shape index (κ1) is 15.6. The Labute approximate surface area is 124 Å². The van der Waals surface area contributed by atoms with Crippen LogP contribution in [0.4, 0.5) is 13.2 Å². The van der Waals surface area contributed by atoms with Gasteiger partial charge in [0.2, 0.25) is 0 Å². The normalized spacial score (nSPS) is 18.6. The Kier molecular flexibility index (Phi) is 4.36. The molecule has 0 fully saturated rings. The van der Waals surface area contributed by atoms with Crippen LogP contribution in [-0.2, 0) is 16.0 Å². The first-order chi connectivity index (χ1) is 9.79. The molecule has 114 valence electrons. The number of ether oxygens (including phenoxy) is 1. The van der Waals surface area contributed by atoms with Crippen molar-refractivity contribution >= 4 is 23.3 Å². The fourth-order valence-corrected chi connectivity index (χ4v) is 2.44. The predicted molar refractivity (Wildman–Crippen MR) is 73.4 cm³/mol. The molecule has 1 aromatic carbocycles. The van der Waals surface area contributed by atoms with Gasteiger partial charge in [0, 0.05) is 6.54 Å². The van der Waals surface area contributed by atoms with Gasteiger partial charge in [-0.1, -0.05) is 24.3 Å². The molecule has 1 unspecified atom stereocenters. The Morgan fingerprint density at radius 2 is 2.05 bits per heavy atom. The summed E-state index contributed by atoms with van der Waals surface area (Å²) in [6, 6.07) is 7.04. The van der Waals surface area contributed by atoms with Gasteiger partial charge in [-0.2, -0.15) is 13.2 Å². The molecule has 2 N–H and O–H groups in total. The molecule has 1 amide bonds. The number of thiocarbonyl (C=S) groups is 1. The van der Waals surface area contributed by atoms with E-state index in [4.69, 9.17) is 10.5 Å². The SMILES string of the molecule is NC(=S)OC1CN(C(=O)C(F)(F)F)CCc2ccccc21. The lowest BCUT2D eigenvalue weighted by molar-refractivity contribution is -0.186. The number of nitrogens with zero attached hydrogens (tertiary/aromatic N) is 1. The van der Waals surface area contributed by atoms with Crippen LogP contribution >= 0.6 is 12.2 Å². The Balaban J connectivity index is 2.30. The van der Waals surface area contributed by atoms with E-state index >= 15 is 0 Å². The highest BCUT2D eigenvalue weighted by Crippen LogP contribution is 2.29. The molecule has 0 saturated carbocycles. The zero-order chi connectivity index (χ0) is 15.6. The number of amides is 1. The van der Waals surface area contributed by atoms with Crippen LogP contribution in [0.5, 0.6) is 0 Å². The second kappa shape index (κ2) is 5.88. The van der Waals surface area contributed by atoms with E-state index in [1.54, 1.807) is 24.3 Å². The molecule has 0 spiro atoms. The zero-order valence-corrected chi connectivity index (χ0v) is 11.7. The van der Waals surface area contributed by atoms with E-state index in [9.17, 15) is 18.0 Å². The van der Waals surface area contributed by atoms with Gasteiger partial charge in [-0.3, -0.25) is 4.79 Å². The third-order valence-corrected chi connectivity index (χ3v) is 3.32. The summed E-state index contributed by atoms with van der Waals surface area (Å²) >= 11 is 4.66. The monoisotopic (exact) mass is 318 g/mol. The van der Waals surface area contributed by atoms with Gasteiger partial charge in [0.25, 0.3) is 5.17 Å². The molecule has 1 atom stereocenters.